The first-order chi connectivity index (χ1) is 11.7. The summed E-state index contributed by atoms with van der Waals surface area (Å²) in [5, 5.41) is 0. The van der Waals surface area contributed by atoms with Gasteiger partial charge in [0, 0.05) is 6.42 Å². The molecule has 1 saturated carbocycles. The number of esters is 1. The first kappa shape index (κ1) is 18.1. The minimum atomic E-state index is -0.664. The van der Waals surface area contributed by atoms with E-state index < -0.39 is 5.41 Å². The molecule has 3 rings (SSSR count). The van der Waals surface area contributed by atoms with Gasteiger partial charge < -0.3 is 9.47 Å². The number of carbonyl (C=O) groups is 2. The van der Waals surface area contributed by atoms with Gasteiger partial charge in [0.15, 0.2) is 5.78 Å². The van der Waals surface area contributed by atoms with Crippen molar-refractivity contribution in [3.05, 3.63) is 36.5 Å². The average Bonchev–Trinajstić information content (AvgIpc) is 3.31. The number of ether oxygens (including phenoxy) is 2. The van der Waals surface area contributed by atoms with Crippen LogP contribution in [0.2, 0.25) is 0 Å². The Bertz CT molecular complexity index is 690. The molecule has 0 aromatic heterocycles. The molecule has 4 heteroatoms. The average molecular weight is 344 g/mol. The SMILES string of the molecule is C=C[C@@]1(C)C(=O)C=C2[C@](C)(CCC(=O)OC)[C@@H](C(=C)C)CC[C@]23O[C@H]13. The standard InChI is InChI=1S/C21H28O4/c1-7-19(4)16(22)12-15-20(5,10-9-17(23)24-6)14(13(2)3)8-11-21(15)18(19)25-21/h7,12,14,18H,1-2,8-11H2,3-6H3/t14-,18-,19+,20-,21+/m1/s1. The molecule has 1 heterocycles. The summed E-state index contributed by atoms with van der Waals surface area (Å²) in [6.45, 7) is 14.1. The molecule has 1 spiro atoms. The summed E-state index contributed by atoms with van der Waals surface area (Å²) in [5.74, 6) is 0.0373. The van der Waals surface area contributed by atoms with Crippen LogP contribution in [0.25, 0.3) is 0 Å². The normalized spacial score (nSPS) is 41.9. The van der Waals surface area contributed by atoms with Gasteiger partial charge >= 0.3 is 5.97 Å². The van der Waals surface area contributed by atoms with Crippen molar-refractivity contribution >= 4 is 11.8 Å². The van der Waals surface area contributed by atoms with Gasteiger partial charge in [-0.15, -0.1) is 6.58 Å². The van der Waals surface area contributed by atoms with Gasteiger partial charge in [-0.05, 0) is 56.1 Å². The second-order valence-electron chi connectivity index (χ2n) is 8.23. The third-order valence-electron chi connectivity index (χ3n) is 6.79. The van der Waals surface area contributed by atoms with E-state index in [0.717, 1.165) is 24.0 Å². The van der Waals surface area contributed by atoms with Crippen molar-refractivity contribution < 1.29 is 19.1 Å². The Hall–Kier alpha value is -1.68. The van der Waals surface area contributed by atoms with Crippen molar-refractivity contribution in [3.63, 3.8) is 0 Å². The molecule has 0 radical (unpaired) electrons. The molecule has 2 aliphatic carbocycles. The largest absolute Gasteiger partial charge is 0.469 e. The maximum Gasteiger partial charge on any atom is 0.305 e. The minimum absolute atomic E-state index is 0.0438. The Balaban J connectivity index is 2.05. The van der Waals surface area contributed by atoms with Crippen LogP contribution >= 0.6 is 0 Å². The number of rotatable bonds is 5. The Morgan fingerprint density at radius 3 is 2.72 bits per heavy atom. The van der Waals surface area contributed by atoms with Gasteiger partial charge in [0.2, 0.25) is 0 Å². The fourth-order valence-electron chi connectivity index (χ4n) is 5.13. The maximum atomic E-state index is 12.9. The lowest BCUT2D eigenvalue weighted by atomic mass is 9.53. The number of methoxy groups -OCH3 is 1. The Kier molecular flexibility index (Phi) is 4.11. The molecular formula is C21H28O4. The van der Waals surface area contributed by atoms with E-state index in [1.165, 1.54) is 7.11 Å². The van der Waals surface area contributed by atoms with Crippen LogP contribution < -0.4 is 0 Å². The zero-order valence-corrected chi connectivity index (χ0v) is 15.7. The summed E-state index contributed by atoms with van der Waals surface area (Å²) in [5.41, 5.74) is 0.754. The number of carbonyl (C=O) groups excluding carboxylic acids is 2. The van der Waals surface area contributed by atoms with Crippen molar-refractivity contribution in [1.82, 2.24) is 0 Å². The predicted molar refractivity (Wildman–Crippen MR) is 95.9 cm³/mol. The molecule has 0 aromatic rings. The zero-order chi connectivity index (χ0) is 18.6. The van der Waals surface area contributed by atoms with Crippen LogP contribution in [0.4, 0.5) is 0 Å². The molecule has 0 aromatic carbocycles. The molecule has 3 aliphatic rings. The molecule has 0 bridgehead atoms. The molecule has 0 unspecified atom stereocenters. The van der Waals surface area contributed by atoms with Crippen LogP contribution in [-0.4, -0.2) is 30.6 Å². The van der Waals surface area contributed by atoms with E-state index in [4.69, 9.17) is 9.47 Å². The molecule has 2 fully saturated rings. The lowest BCUT2D eigenvalue weighted by Crippen LogP contribution is -2.49. The van der Waals surface area contributed by atoms with E-state index in [1.807, 2.05) is 13.8 Å². The van der Waals surface area contributed by atoms with E-state index in [1.54, 1.807) is 12.2 Å². The van der Waals surface area contributed by atoms with Gasteiger partial charge in [-0.3, -0.25) is 9.59 Å². The summed E-state index contributed by atoms with van der Waals surface area (Å²) in [7, 11) is 1.40. The van der Waals surface area contributed by atoms with E-state index in [-0.39, 0.29) is 34.8 Å². The number of ketones is 1. The lowest BCUT2D eigenvalue weighted by molar-refractivity contribution is -0.141. The predicted octanol–water partition coefficient (Wildman–Crippen LogP) is 3.77. The summed E-state index contributed by atoms with van der Waals surface area (Å²) >= 11 is 0. The molecular weight excluding hydrogens is 316 g/mol. The van der Waals surface area contributed by atoms with Crippen LogP contribution in [0.15, 0.2) is 36.5 Å². The molecule has 1 aliphatic heterocycles. The molecule has 0 amide bonds. The van der Waals surface area contributed by atoms with Crippen molar-refractivity contribution in [2.24, 2.45) is 16.7 Å². The van der Waals surface area contributed by atoms with Gasteiger partial charge in [-0.1, -0.05) is 25.2 Å². The summed E-state index contributed by atoms with van der Waals surface area (Å²) in [4.78, 5) is 24.6. The van der Waals surface area contributed by atoms with Crippen molar-refractivity contribution in [2.45, 2.75) is 58.2 Å². The fraction of sp³-hybridized carbons (Fsp3) is 0.619. The smallest absolute Gasteiger partial charge is 0.305 e. The van der Waals surface area contributed by atoms with Crippen LogP contribution in [0.1, 0.15) is 46.5 Å². The monoisotopic (exact) mass is 344 g/mol. The highest BCUT2D eigenvalue weighted by Crippen LogP contribution is 2.67. The number of hydrogen-bond acceptors (Lipinski definition) is 4. The number of allylic oxidation sites excluding steroid dienone is 2. The topological polar surface area (TPSA) is 55.9 Å². The van der Waals surface area contributed by atoms with E-state index in [2.05, 4.69) is 20.1 Å². The quantitative estimate of drug-likeness (QED) is 0.433. The van der Waals surface area contributed by atoms with E-state index >= 15 is 0 Å². The van der Waals surface area contributed by atoms with Crippen molar-refractivity contribution in [2.75, 3.05) is 7.11 Å². The van der Waals surface area contributed by atoms with Gasteiger partial charge in [0.25, 0.3) is 0 Å². The van der Waals surface area contributed by atoms with Crippen LogP contribution in [-0.2, 0) is 19.1 Å². The summed E-state index contributed by atoms with van der Waals surface area (Å²) in [6.07, 6.45) is 6.12. The highest BCUT2D eigenvalue weighted by Gasteiger charge is 2.73. The number of hydrogen-bond donors (Lipinski definition) is 0. The minimum Gasteiger partial charge on any atom is -0.469 e. The lowest BCUT2D eigenvalue weighted by Gasteiger charge is -2.49. The highest BCUT2D eigenvalue weighted by atomic mass is 16.6. The van der Waals surface area contributed by atoms with E-state index in [0.29, 0.717) is 12.8 Å². The first-order valence-corrected chi connectivity index (χ1v) is 8.96. The van der Waals surface area contributed by atoms with Crippen LogP contribution in [0, 0.1) is 16.7 Å². The number of epoxide rings is 1. The second kappa shape index (κ2) is 5.66. The summed E-state index contributed by atoms with van der Waals surface area (Å²) in [6, 6.07) is 0. The van der Waals surface area contributed by atoms with Crippen LogP contribution in [0.3, 0.4) is 0 Å². The first-order valence-electron chi connectivity index (χ1n) is 8.96. The Labute approximate surface area is 150 Å². The Morgan fingerprint density at radius 2 is 2.16 bits per heavy atom. The third kappa shape index (κ3) is 2.37. The third-order valence-corrected chi connectivity index (χ3v) is 6.79. The zero-order valence-electron chi connectivity index (χ0n) is 15.7. The fourth-order valence-corrected chi connectivity index (χ4v) is 5.13. The van der Waals surface area contributed by atoms with E-state index in [9.17, 15) is 9.59 Å². The van der Waals surface area contributed by atoms with Gasteiger partial charge in [-0.25, -0.2) is 0 Å². The Morgan fingerprint density at radius 1 is 1.48 bits per heavy atom. The molecule has 5 atom stereocenters. The second-order valence-corrected chi connectivity index (χ2v) is 8.23. The van der Waals surface area contributed by atoms with Gasteiger partial charge in [-0.2, -0.15) is 0 Å². The van der Waals surface area contributed by atoms with Crippen LogP contribution in [0.5, 0.6) is 0 Å². The molecule has 25 heavy (non-hydrogen) atoms. The molecule has 0 N–H and O–H groups in total. The van der Waals surface area contributed by atoms with Gasteiger partial charge in [0.1, 0.15) is 11.7 Å². The van der Waals surface area contributed by atoms with Crippen molar-refractivity contribution in [3.8, 4) is 0 Å². The maximum absolute atomic E-state index is 12.9. The van der Waals surface area contributed by atoms with Crippen molar-refractivity contribution in [1.29, 1.82) is 0 Å². The molecule has 1 saturated heterocycles. The molecule has 136 valence electrons. The summed E-state index contributed by atoms with van der Waals surface area (Å²) < 4.78 is 11.0. The molecule has 4 nitrogen and oxygen atoms in total. The van der Waals surface area contributed by atoms with Gasteiger partial charge in [0.05, 0.1) is 12.5 Å². The highest BCUT2D eigenvalue weighted by molar-refractivity contribution is 6.00.